The van der Waals surface area contributed by atoms with Crippen molar-refractivity contribution in [3.8, 4) is 5.75 Å². The summed E-state index contributed by atoms with van der Waals surface area (Å²) in [6.45, 7) is 3.75. The fraction of sp³-hybridized carbons (Fsp3) is 0.476. The van der Waals surface area contributed by atoms with Crippen LogP contribution in [0.5, 0.6) is 5.75 Å². The molecule has 0 aliphatic heterocycles. The molecule has 3 nitrogen and oxygen atoms in total. The van der Waals surface area contributed by atoms with Crippen molar-refractivity contribution in [1.82, 2.24) is 0 Å². The number of ether oxygens (including phenoxy) is 2. The Labute approximate surface area is 143 Å². The van der Waals surface area contributed by atoms with Crippen molar-refractivity contribution in [3.05, 3.63) is 46.5 Å². The van der Waals surface area contributed by atoms with E-state index in [-0.39, 0.29) is 17.5 Å². The highest BCUT2D eigenvalue weighted by atomic mass is 16.5. The number of allylic oxidation sites excluding steroid dienone is 2. The van der Waals surface area contributed by atoms with Crippen LogP contribution in [0.25, 0.3) is 5.57 Å². The Morgan fingerprint density at radius 1 is 1.33 bits per heavy atom. The van der Waals surface area contributed by atoms with Crippen LogP contribution in [0.2, 0.25) is 0 Å². The lowest BCUT2D eigenvalue weighted by Gasteiger charge is -2.41. The molecule has 126 valence electrons. The van der Waals surface area contributed by atoms with Crippen LogP contribution in [0.15, 0.2) is 35.4 Å². The highest BCUT2D eigenvalue weighted by Gasteiger charge is 2.50. The first kappa shape index (κ1) is 15.5. The van der Waals surface area contributed by atoms with Gasteiger partial charge in [-0.2, -0.15) is 0 Å². The van der Waals surface area contributed by atoms with Gasteiger partial charge in [0.1, 0.15) is 11.9 Å². The van der Waals surface area contributed by atoms with Gasteiger partial charge in [0, 0.05) is 18.8 Å². The molecule has 1 aromatic rings. The van der Waals surface area contributed by atoms with Crippen molar-refractivity contribution in [2.24, 2.45) is 5.41 Å². The third-order valence-corrected chi connectivity index (χ3v) is 6.14. The zero-order valence-corrected chi connectivity index (χ0v) is 14.6. The molecular weight excluding hydrogens is 300 g/mol. The van der Waals surface area contributed by atoms with Crippen LogP contribution in [-0.2, 0) is 16.0 Å². The van der Waals surface area contributed by atoms with Gasteiger partial charge in [-0.05, 0) is 65.7 Å². The van der Waals surface area contributed by atoms with Crippen LogP contribution in [0.3, 0.4) is 0 Å². The number of fused-ring (bicyclic) bond motifs is 4. The minimum Gasteiger partial charge on any atom is -0.497 e. The molecule has 2 atom stereocenters. The molecule has 0 aromatic heterocycles. The second kappa shape index (κ2) is 5.51. The summed E-state index contributed by atoms with van der Waals surface area (Å²) in [6.07, 6.45) is 7.31. The minimum atomic E-state index is -0.165. The Balaban J connectivity index is 1.72. The van der Waals surface area contributed by atoms with Crippen molar-refractivity contribution in [3.63, 3.8) is 0 Å². The largest absolute Gasteiger partial charge is 0.497 e. The zero-order valence-electron chi connectivity index (χ0n) is 14.6. The summed E-state index contributed by atoms with van der Waals surface area (Å²) in [5, 5.41) is 0. The van der Waals surface area contributed by atoms with Gasteiger partial charge >= 0.3 is 5.97 Å². The molecule has 0 heterocycles. The van der Waals surface area contributed by atoms with Crippen LogP contribution >= 0.6 is 0 Å². The number of benzene rings is 1. The lowest BCUT2D eigenvalue weighted by molar-refractivity contribution is -0.151. The Morgan fingerprint density at radius 2 is 2.17 bits per heavy atom. The van der Waals surface area contributed by atoms with Gasteiger partial charge in [-0.25, -0.2) is 0 Å². The molecule has 3 aliphatic carbocycles. The van der Waals surface area contributed by atoms with Gasteiger partial charge in [-0.15, -0.1) is 0 Å². The average molecular weight is 324 g/mol. The Morgan fingerprint density at radius 3 is 2.88 bits per heavy atom. The molecule has 24 heavy (non-hydrogen) atoms. The first-order chi connectivity index (χ1) is 11.6. The van der Waals surface area contributed by atoms with Crippen molar-refractivity contribution in [1.29, 1.82) is 0 Å². The smallest absolute Gasteiger partial charge is 0.302 e. The second-order valence-corrected chi connectivity index (χ2v) is 7.12. The van der Waals surface area contributed by atoms with E-state index in [1.54, 1.807) is 7.11 Å². The van der Waals surface area contributed by atoms with Crippen molar-refractivity contribution >= 4 is 11.5 Å². The molecule has 0 fully saturated rings. The topological polar surface area (TPSA) is 35.5 Å². The fourth-order valence-electron chi connectivity index (χ4n) is 4.99. The van der Waals surface area contributed by atoms with E-state index in [0.29, 0.717) is 0 Å². The van der Waals surface area contributed by atoms with E-state index < -0.39 is 0 Å². The maximum absolute atomic E-state index is 11.5. The highest BCUT2D eigenvalue weighted by Crippen LogP contribution is 2.58. The molecule has 0 unspecified atom stereocenters. The molecule has 0 spiro atoms. The number of rotatable bonds is 3. The van der Waals surface area contributed by atoms with E-state index >= 15 is 0 Å². The molecule has 0 radical (unpaired) electrons. The van der Waals surface area contributed by atoms with E-state index in [4.69, 9.17) is 9.47 Å². The van der Waals surface area contributed by atoms with Gasteiger partial charge in [0.15, 0.2) is 0 Å². The predicted molar refractivity (Wildman–Crippen MR) is 93.8 cm³/mol. The number of carbonyl (C=O) groups is 1. The quantitative estimate of drug-likeness (QED) is 0.770. The van der Waals surface area contributed by atoms with Crippen LogP contribution in [0.4, 0.5) is 0 Å². The zero-order chi connectivity index (χ0) is 16.9. The number of hydrogen-bond donors (Lipinski definition) is 0. The monoisotopic (exact) mass is 324 g/mol. The van der Waals surface area contributed by atoms with Crippen LogP contribution < -0.4 is 4.74 Å². The van der Waals surface area contributed by atoms with Crippen molar-refractivity contribution < 1.29 is 14.3 Å². The second-order valence-electron chi connectivity index (χ2n) is 7.12. The van der Waals surface area contributed by atoms with E-state index in [2.05, 4.69) is 31.2 Å². The first-order valence-electron chi connectivity index (χ1n) is 8.86. The number of hydrogen-bond acceptors (Lipinski definition) is 3. The average Bonchev–Trinajstić information content (AvgIpc) is 3.12. The summed E-state index contributed by atoms with van der Waals surface area (Å²) in [6, 6.07) is 6.43. The summed E-state index contributed by atoms with van der Waals surface area (Å²) in [5.41, 5.74) is 7.16. The standard InChI is InChI=1S/C21H24O3/c1-4-21-10-9-17-16-6-5-15(23-3)11-14(16)12-18(17)19(21)7-8-20(21)24-13(2)22/h5-7,11,20H,4,8-10,12H2,1-3H3/t20-,21-/m0/s1. The molecule has 1 aromatic carbocycles. The van der Waals surface area contributed by atoms with E-state index in [1.807, 2.05) is 0 Å². The van der Waals surface area contributed by atoms with Gasteiger partial charge in [0.05, 0.1) is 7.11 Å². The molecule has 0 N–H and O–H groups in total. The highest BCUT2D eigenvalue weighted by molar-refractivity contribution is 5.82. The minimum absolute atomic E-state index is 0.00213. The fourth-order valence-corrected chi connectivity index (χ4v) is 4.99. The Kier molecular flexibility index (Phi) is 3.56. The Bertz CT molecular complexity index is 771. The van der Waals surface area contributed by atoms with Crippen molar-refractivity contribution in [2.75, 3.05) is 7.11 Å². The van der Waals surface area contributed by atoms with Gasteiger partial charge in [-0.3, -0.25) is 4.79 Å². The van der Waals surface area contributed by atoms with Crippen molar-refractivity contribution in [2.45, 2.75) is 52.1 Å². The van der Waals surface area contributed by atoms with E-state index in [0.717, 1.165) is 37.9 Å². The van der Waals surface area contributed by atoms with Crippen LogP contribution in [-0.4, -0.2) is 19.2 Å². The number of carbonyl (C=O) groups excluding carboxylic acids is 1. The third kappa shape index (κ3) is 2.07. The summed E-state index contributed by atoms with van der Waals surface area (Å²) in [5.74, 6) is 0.759. The SMILES string of the molecule is CC[C@]12CCC3=C(Cc4cc(OC)ccc43)C1=CC[C@@H]2OC(C)=O. The van der Waals surface area contributed by atoms with Gasteiger partial charge in [-0.1, -0.05) is 19.1 Å². The van der Waals surface area contributed by atoms with E-state index in [9.17, 15) is 4.79 Å². The summed E-state index contributed by atoms with van der Waals surface area (Å²) >= 11 is 0. The van der Waals surface area contributed by atoms with Crippen LogP contribution in [0, 0.1) is 5.41 Å². The maximum atomic E-state index is 11.5. The maximum Gasteiger partial charge on any atom is 0.302 e. The lowest BCUT2D eigenvalue weighted by Crippen LogP contribution is -2.38. The molecule has 4 rings (SSSR count). The van der Waals surface area contributed by atoms with Gasteiger partial charge in [0.25, 0.3) is 0 Å². The molecule has 3 heteroatoms. The van der Waals surface area contributed by atoms with Gasteiger partial charge < -0.3 is 9.47 Å². The molecule has 0 saturated heterocycles. The summed E-state index contributed by atoms with van der Waals surface area (Å²) < 4.78 is 11.1. The van der Waals surface area contributed by atoms with Crippen LogP contribution in [0.1, 0.15) is 50.7 Å². The molecule has 0 amide bonds. The Hall–Kier alpha value is -2.03. The third-order valence-electron chi connectivity index (χ3n) is 6.14. The van der Waals surface area contributed by atoms with E-state index in [1.165, 1.54) is 34.8 Å². The van der Waals surface area contributed by atoms with Gasteiger partial charge in [0.2, 0.25) is 0 Å². The number of methoxy groups -OCH3 is 1. The number of esters is 1. The summed E-state index contributed by atoms with van der Waals surface area (Å²) in [7, 11) is 1.72. The molecule has 3 aliphatic rings. The predicted octanol–water partition coefficient (Wildman–Crippen LogP) is 4.46. The molecule has 0 bridgehead atoms. The lowest BCUT2D eigenvalue weighted by atomic mass is 9.66. The molecular formula is C21H24O3. The molecule has 0 saturated carbocycles. The first-order valence-corrected chi connectivity index (χ1v) is 8.86. The normalized spacial score (nSPS) is 27.3. The summed E-state index contributed by atoms with van der Waals surface area (Å²) in [4.78, 5) is 11.5.